The van der Waals surface area contributed by atoms with Crippen molar-refractivity contribution >= 4 is 0 Å². The zero-order valence-electron chi connectivity index (χ0n) is 8.29. The van der Waals surface area contributed by atoms with E-state index in [4.69, 9.17) is 10.8 Å². The molecule has 74 valence electrons. The molecule has 0 saturated heterocycles. The van der Waals surface area contributed by atoms with Crippen molar-refractivity contribution < 1.29 is 5.11 Å². The minimum absolute atomic E-state index is 0.300. The zero-order valence-corrected chi connectivity index (χ0v) is 8.29. The highest BCUT2D eigenvalue weighted by Gasteiger charge is 2.06. The monoisotopic (exact) mass is 174 g/mol. The third-order valence-corrected chi connectivity index (χ3v) is 2.00. The lowest BCUT2D eigenvalue weighted by molar-refractivity contribution is 0.210. The molecule has 3 heteroatoms. The fourth-order valence-electron chi connectivity index (χ4n) is 1.22. The van der Waals surface area contributed by atoms with Crippen LogP contribution in [0, 0.1) is 0 Å². The average Bonchev–Trinajstić information content (AvgIpc) is 2.03. The lowest BCUT2D eigenvalue weighted by Gasteiger charge is -2.25. The van der Waals surface area contributed by atoms with Gasteiger partial charge in [0, 0.05) is 25.7 Å². The first-order valence-electron chi connectivity index (χ1n) is 4.77. The second-order valence-corrected chi connectivity index (χ2v) is 3.35. The fraction of sp³-hybridized carbons (Fsp3) is 1.00. The van der Waals surface area contributed by atoms with Gasteiger partial charge in [-0.15, -0.1) is 0 Å². The molecule has 3 N–H and O–H groups in total. The third-order valence-electron chi connectivity index (χ3n) is 2.00. The Bertz CT molecular complexity index is 96.5. The van der Waals surface area contributed by atoms with Gasteiger partial charge < -0.3 is 10.8 Å². The molecule has 0 atom stereocenters. The Morgan fingerprint density at radius 3 is 2.33 bits per heavy atom. The molecule has 0 unspecified atom stereocenters. The maximum Gasteiger partial charge on any atom is 0.0431 e. The molecule has 0 spiro atoms. The van der Waals surface area contributed by atoms with Crippen molar-refractivity contribution in [3.05, 3.63) is 0 Å². The summed E-state index contributed by atoms with van der Waals surface area (Å²) in [5.74, 6) is 0. The van der Waals surface area contributed by atoms with E-state index in [0.717, 1.165) is 32.5 Å². The van der Waals surface area contributed by atoms with E-state index in [9.17, 15) is 0 Å². The molecule has 0 rings (SSSR count). The van der Waals surface area contributed by atoms with Crippen LogP contribution in [0.4, 0.5) is 0 Å². The van der Waals surface area contributed by atoms with Crippen LogP contribution < -0.4 is 5.73 Å². The van der Waals surface area contributed by atoms with E-state index in [1.807, 2.05) is 0 Å². The summed E-state index contributed by atoms with van der Waals surface area (Å²) >= 11 is 0. The van der Waals surface area contributed by atoms with Crippen LogP contribution in [0.3, 0.4) is 0 Å². The largest absolute Gasteiger partial charge is 0.396 e. The normalized spacial score (nSPS) is 11.5. The van der Waals surface area contributed by atoms with E-state index in [2.05, 4.69) is 18.7 Å². The summed E-state index contributed by atoms with van der Waals surface area (Å²) in [5.41, 5.74) is 5.48. The van der Waals surface area contributed by atoms with Gasteiger partial charge in [-0.2, -0.15) is 0 Å². The van der Waals surface area contributed by atoms with Gasteiger partial charge in [0.2, 0.25) is 0 Å². The Labute approximate surface area is 75.6 Å². The number of nitrogens with zero attached hydrogens (tertiary/aromatic N) is 1. The summed E-state index contributed by atoms with van der Waals surface area (Å²) in [7, 11) is 0. The predicted molar refractivity (Wildman–Crippen MR) is 52.1 cm³/mol. The molecule has 0 aliphatic rings. The van der Waals surface area contributed by atoms with Crippen LogP contribution in [-0.2, 0) is 0 Å². The Morgan fingerprint density at radius 1 is 1.25 bits per heavy atom. The lowest BCUT2D eigenvalue weighted by atomic mass is 10.2. The van der Waals surface area contributed by atoms with E-state index >= 15 is 0 Å². The highest BCUT2D eigenvalue weighted by molar-refractivity contribution is 4.62. The van der Waals surface area contributed by atoms with E-state index in [0.29, 0.717) is 12.6 Å². The minimum Gasteiger partial charge on any atom is -0.396 e. The number of hydrogen-bond acceptors (Lipinski definition) is 3. The minimum atomic E-state index is 0.300. The van der Waals surface area contributed by atoms with Crippen molar-refractivity contribution in [1.82, 2.24) is 4.90 Å². The molecule has 12 heavy (non-hydrogen) atoms. The summed E-state index contributed by atoms with van der Waals surface area (Å²) in [4.78, 5) is 2.34. The van der Waals surface area contributed by atoms with Crippen molar-refractivity contribution in [2.75, 3.05) is 26.2 Å². The number of rotatable bonds is 7. The number of unbranched alkanes of at least 4 members (excludes halogenated alkanes) is 1. The highest BCUT2D eigenvalue weighted by Crippen LogP contribution is 2.00. The molecule has 3 nitrogen and oxygen atoms in total. The first kappa shape index (κ1) is 11.9. The molecule has 0 bridgehead atoms. The van der Waals surface area contributed by atoms with Crippen LogP contribution in [0.1, 0.15) is 26.7 Å². The van der Waals surface area contributed by atoms with Crippen molar-refractivity contribution in [1.29, 1.82) is 0 Å². The first-order valence-corrected chi connectivity index (χ1v) is 4.77. The second-order valence-electron chi connectivity index (χ2n) is 3.35. The van der Waals surface area contributed by atoms with Gasteiger partial charge in [0.1, 0.15) is 0 Å². The molecule has 0 fully saturated rings. The quantitative estimate of drug-likeness (QED) is 0.550. The Balaban J connectivity index is 3.49. The third kappa shape index (κ3) is 5.52. The van der Waals surface area contributed by atoms with Gasteiger partial charge >= 0.3 is 0 Å². The molecule has 0 radical (unpaired) electrons. The fourth-order valence-corrected chi connectivity index (χ4v) is 1.22. The van der Waals surface area contributed by atoms with E-state index in [1.165, 1.54) is 0 Å². The maximum atomic E-state index is 8.60. The van der Waals surface area contributed by atoms with Crippen molar-refractivity contribution in [2.24, 2.45) is 5.73 Å². The van der Waals surface area contributed by atoms with Gasteiger partial charge in [0.15, 0.2) is 0 Å². The van der Waals surface area contributed by atoms with Crippen LogP contribution >= 0.6 is 0 Å². The topological polar surface area (TPSA) is 49.5 Å². The number of hydrogen-bond donors (Lipinski definition) is 2. The summed E-state index contributed by atoms with van der Waals surface area (Å²) in [6, 6.07) is 0.562. The standard InChI is InChI=1S/C9H22N2O/c1-9(2)11(7-5-10)6-3-4-8-12/h9,12H,3-8,10H2,1-2H3. The van der Waals surface area contributed by atoms with Crippen molar-refractivity contribution in [3.8, 4) is 0 Å². The molecule has 0 amide bonds. The van der Waals surface area contributed by atoms with E-state index in [-0.39, 0.29) is 0 Å². The smallest absolute Gasteiger partial charge is 0.0431 e. The molecule has 0 aliphatic heterocycles. The number of aliphatic hydroxyl groups excluding tert-OH is 1. The van der Waals surface area contributed by atoms with Crippen LogP contribution in [-0.4, -0.2) is 42.3 Å². The number of nitrogens with two attached hydrogens (primary N) is 1. The van der Waals surface area contributed by atoms with Gasteiger partial charge in [-0.25, -0.2) is 0 Å². The molecule has 0 aromatic rings. The average molecular weight is 174 g/mol. The van der Waals surface area contributed by atoms with Crippen molar-refractivity contribution in [3.63, 3.8) is 0 Å². The predicted octanol–water partition coefficient (Wildman–Crippen LogP) is 0.428. The number of aliphatic hydroxyl groups is 1. The maximum absolute atomic E-state index is 8.60. The highest BCUT2D eigenvalue weighted by atomic mass is 16.2. The van der Waals surface area contributed by atoms with Crippen molar-refractivity contribution in [2.45, 2.75) is 32.7 Å². The lowest BCUT2D eigenvalue weighted by Crippen LogP contribution is -2.36. The summed E-state index contributed by atoms with van der Waals surface area (Å²) in [6.45, 7) is 7.38. The van der Waals surface area contributed by atoms with Gasteiger partial charge in [-0.3, -0.25) is 4.90 Å². The SMILES string of the molecule is CC(C)N(CCN)CCCCO. The Kier molecular flexibility index (Phi) is 7.45. The molecule has 0 aromatic carbocycles. The van der Waals surface area contributed by atoms with Gasteiger partial charge in [-0.1, -0.05) is 0 Å². The Morgan fingerprint density at radius 2 is 1.92 bits per heavy atom. The summed E-state index contributed by atoms with van der Waals surface area (Å²) in [5, 5.41) is 8.60. The molecule has 0 saturated carbocycles. The Hall–Kier alpha value is -0.120. The van der Waals surface area contributed by atoms with Crippen LogP contribution in [0.15, 0.2) is 0 Å². The first-order chi connectivity index (χ1) is 5.72. The molecular weight excluding hydrogens is 152 g/mol. The van der Waals surface area contributed by atoms with Gasteiger partial charge in [0.05, 0.1) is 0 Å². The zero-order chi connectivity index (χ0) is 9.40. The van der Waals surface area contributed by atoms with E-state index < -0.39 is 0 Å². The molecule has 0 aliphatic carbocycles. The van der Waals surface area contributed by atoms with Crippen LogP contribution in [0.5, 0.6) is 0 Å². The van der Waals surface area contributed by atoms with E-state index in [1.54, 1.807) is 0 Å². The van der Waals surface area contributed by atoms with Gasteiger partial charge in [0.25, 0.3) is 0 Å². The van der Waals surface area contributed by atoms with Crippen LogP contribution in [0.25, 0.3) is 0 Å². The van der Waals surface area contributed by atoms with Gasteiger partial charge in [-0.05, 0) is 33.2 Å². The summed E-state index contributed by atoms with van der Waals surface area (Å²) < 4.78 is 0. The molecular formula is C9H22N2O. The summed E-state index contributed by atoms with van der Waals surface area (Å²) in [6.07, 6.45) is 1.96. The second kappa shape index (κ2) is 7.53. The van der Waals surface area contributed by atoms with Crippen LogP contribution in [0.2, 0.25) is 0 Å². The molecule has 0 heterocycles. The molecule has 0 aromatic heterocycles.